The molecule has 29 heavy (non-hydrogen) atoms. The van der Waals surface area contributed by atoms with Gasteiger partial charge in [-0.3, -0.25) is 4.79 Å². The summed E-state index contributed by atoms with van der Waals surface area (Å²) in [6.07, 6.45) is 19.1. The van der Waals surface area contributed by atoms with Gasteiger partial charge in [-0.15, -0.1) is 0 Å². The summed E-state index contributed by atoms with van der Waals surface area (Å²) in [5, 5.41) is 11.4. The SMILES string of the molecule is CCCCCCCC[C@@]1(O)CC[C@@]2(C)[C@@H](CC[C@@H]3[C@@H]2CC[C@]2(C)C(=O)CC[C@@H]32)C1. The lowest BCUT2D eigenvalue weighted by Gasteiger charge is -2.61. The number of hydrogen-bond acceptors (Lipinski definition) is 2. The smallest absolute Gasteiger partial charge is 0.139 e. The minimum absolute atomic E-state index is 0.00244. The van der Waals surface area contributed by atoms with Crippen LogP contribution in [0.5, 0.6) is 0 Å². The number of hydrogen-bond donors (Lipinski definition) is 1. The molecular formula is C27H46O2. The van der Waals surface area contributed by atoms with Crippen LogP contribution in [0.15, 0.2) is 0 Å². The zero-order valence-corrected chi connectivity index (χ0v) is 19.5. The second-order valence-electron chi connectivity index (χ2n) is 12.0. The third-order valence-electron chi connectivity index (χ3n) is 10.5. The monoisotopic (exact) mass is 402 g/mol. The third kappa shape index (κ3) is 3.85. The van der Waals surface area contributed by atoms with Crippen molar-refractivity contribution in [2.24, 2.45) is 34.5 Å². The van der Waals surface area contributed by atoms with Crippen molar-refractivity contribution in [1.29, 1.82) is 0 Å². The Bertz CT molecular complexity index is 599. The molecule has 166 valence electrons. The summed E-state index contributed by atoms with van der Waals surface area (Å²) in [4.78, 5) is 12.6. The van der Waals surface area contributed by atoms with Gasteiger partial charge in [0, 0.05) is 11.8 Å². The lowest BCUT2D eigenvalue weighted by molar-refractivity contribution is -0.155. The first-order valence-corrected chi connectivity index (χ1v) is 13.1. The van der Waals surface area contributed by atoms with E-state index in [1.165, 1.54) is 64.2 Å². The van der Waals surface area contributed by atoms with Crippen LogP contribution in [0, 0.1) is 34.5 Å². The first-order valence-electron chi connectivity index (χ1n) is 13.1. The fourth-order valence-corrected chi connectivity index (χ4v) is 8.55. The Kier molecular flexibility index (Phi) is 6.24. The molecule has 0 aromatic rings. The summed E-state index contributed by atoms with van der Waals surface area (Å²) in [5.41, 5.74) is 0.00899. The summed E-state index contributed by atoms with van der Waals surface area (Å²) in [5.74, 6) is 3.47. The van der Waals surface area contributed by atoms with E-state index in [1.54, 1.807) is 0 Å². The predicted molar refractivity (Wildman–Crippen MR) is 120 cm³/mol. The van der Waals surface area contributed by atoms with Crippen molar-refractivity contribution in [2.45, 2.75) is 129 Å². The molecule has 4 rings (SSSR count). The average Bonchev–Trinajstić information content (AvgIpc) is 3.00. The van der Waals surface area contributed by atoms with Crippen LogP contribution in [0.4, 0.5) is 0 Å². The van der Waals surface area contributed by atoms with E-state index in [9.17, 15) is 9.90 Å². The van der Waals surface area contributed by atoms with Crippen molar-refractivity contribution in [3.05, 3.63) is 0 Å². The molecule has 0 radical (unpaired) electrons. The van der Waals surface area contributed by atoms with Crippen LogP contribution >= 0.6 is 0 Å². The topological polar surface area (TPSA) is 37.3 Å². The molecule has 0 spiro atoms. The van der Waals surface area contributed by atoms with Gasteiger partial charge in [0.2, 0.25) is 0 Å². The minimum atomic E-state index is -0.395. The van der Waals surface area contributed by atoms with E-state index in [0.717, 1.165) is 50.4 Å². The van der Waals surface area contributed by atoms with Crippen LogP contribution < -0.4 is 0 Å². The lowest BCUT2D eigenvalue weighted by atomic mass is 9.44. The first kappa shape index (κ1) is 21.8. The standard InChI is InChI=1S/C27H46O2/c1-4-5-6-7-8-9-15-27(29)18-17-25(2)20(19-27)10-11-21-22-12-13-24(28)26(22,3)16-14-23(21)25/h20-23,29H,4-19H2,1-3H3/t20-,21-,22-,23-,25-,26-,27+/m0/s1. The molecule has 2 heteroatoms. The second-order valence-corrected chi connectivity index (χ2v) is 12.0. The Morgan fingerprint density at radius 1 is 0.897 bits per heavy atom. The fourth-order valence-electron chi connectivity index (χ4n) is 8.55. The van der Waals surface area contributed by atoms with Crippen molar-refractivity contribution in [3.8, 4) is 0 Å². The lowest BCUT2D eigenvalue weighted by Crippen LogP contribution is -2.56. The van der Waals surface area contributed by atoms with Crippen molar-refractivity contribution >= 4 is 5.78 Å². The van der Waals surface area contributed by atoms with Crippen LogP contribution in [0.2, 0.25) is 0 Å². The molecular weight excluding hydrogens is 356 g/mol. The van der Waals surface area contributed by atoms with Crippen LogP contribution in [0.3, 0.4) is 0 Å². The van der Waals surface area contributed by atoms with E-state index >= 15 is 0 Å². The molecule has 0 bridgehead atoms. The van der Waals surface area contributed by atoms with Gasteiger partial charge in [-0.1, -0.05) is 59.3 Å². The molecule has 0 aromatic heterocycles. The quantitative estimate of drug-likeness (QED) is 0.462. The van der Waals surface area contributed by atoms with Crippen molar-refractivity contribution in [3.63, 3.8) is 0 Å². The number of Topliss-reactive ketones (excluding diaryl/α,β-unsaturated/α-hetero) is 1. The zero-order valence-electron chi connectivity index (χ0n) is 19.5. The van der Waals surface area contributed by atoms with E-state index in [0.29, 0.717) is 23.0 Å². The molecule has 4 aliphatic carbocycles. The van der Waals surface area contributed by atoms with Crippen molar-refractivity contribution in [2.75, 3.05) is 0 Å². The molecule has 4 fully saturated rings. The number of carbonyl (C=O) groups is 1. The number of unbranched alkanes of at least 4 members (excludes halogenated alkanes) is 5. The number of fused-ring (bicyclic) bond motifs is 5. The molecule has 0 aromatic carbocycles. The van der Waals surface area contributed by atoms with Crippen LogP contribution in [0.25, 0.3) is 0 Å². The molecule has 0 unspecified atom stereocenters. The highest BCUT2D eigenvalue weighted by molar-refractivity contribution is 5.87. The first-order chi connectivity index (χ1) is 13.8. The molecule has 0 heterocycles. The molecule has 0 saturated heterocycles. The Balaban J connectivity index is 1.37. The highest BCUT2D eigenvalue weighted by Gasteiger charge is 2.61. The van der Waals surface area contributed by atoms with Crippen molar-refractivity contribution < 1.29 is 9.90 Å². The van der Waals surface area contributed by atoms with Gasteiger partial charge < -0.3 is 5.11 Å². The zero-order chi connectivity index (χ0) is 20.7. The number of carbonyl (C=O) groups excluding carboxylic acids is 1. The van der Waals surface area contributed by atoms with E-state index < -0.39 is 5.60 Å². The molecule has 1 N–H and O–H groups in total. The van der Waals surface area contributed by atoms with Gasteiger partial charge in [0.15, 0.2) is 0 Å². The summed E-state index contributed by atoms with van der Waals surface area (Å²) >= 11 is 0. The van der Waals surface area contributed by atoms with E-state index in [-0.39, 0.29) is 5.41 Å². The Morgan fingerprint density at radius 3 is 2.45 bits per heavy atom. The third-order valence-corrected chi connectivity index (χ3v) is 10.5. The van der Waals surface area contributed by atoms with E-state index in [2.05, 4.69) is 20.8 Å². The summed E-state index contributed by atoms with van der Waals surface area (Å²) in [7, 11) is 0. The number of ketones is 1. The maximum Gasteiger partial charge on any atom is 0.139 e. The molecule has 7 atom stereocenters. The Morgan fingerprint density at radius 2 is 1.66 bits per heavy atom. The number of rotatable bonds is 7. The van der Waals surface area contributed by atoms with Gasteiger partial charge in [0.1, 0.15) is 5.78 Å². The molecule has 0 aliphatic heterocycles. The predicted octanol–water partition coefficient (Wildman–Crippen LogP) is 7.08. The molecule has 4 aliphatic rings. The van der Waals surface area contributed by atoms with Gasteiger partial charge in [-0.2, -0.15) is 0 Å². The van der Waals surface area contributed by atoms with Gasteiger partial charge in [0.25, 0.3) is 0 Å². The highest BCUT2D eigenvalue weighted by atomic mass is 16.3. The second kappa shape index (κ2) is 8.29. The normalized spacial score (nSPS) is 46.8. The number of aliphatic hydroxyl groups is 1. The fraction of sp³-hybridized carbons (Fsp3) is 0.963. The molecule has 2 nitrogen and oxygen atoms in total. The van der Waals surface area contributed by atoms with Crippen LogP contribution in [-0.2, 0) is 4.79 Å². The van der Waals surface area contributed by atoms with E-state index in [4.69, 9.17) is 0 Å². The maximum atomic E-state index is 12.6. The largest absolute Gasteiger partial charge is 0.390 e. The van der Waals surface area contributed by atoms with Gasteiger partial charge in [0.05, 0.1) is 5.60 Å². The summed E-state index contributed by atoms with van der Waals surface area (Å²) in [6.45, 7) is 7.13. The summed E-state index contributed by atoms with van der Waals surface area (Å²) < 4.78 is 0. The molecule has 0 amide bonds. The van der Waals surface area contributed by atoms with Crippen LogP contribution in [-0.4, -0.2) is 16.5 Å². The van der Waals surface area contributed by atoms with Gasteiger partial charge >= 0.3 is 0 Å². The maximum absolute atomic E-state index is 12.6. The van der Waals surface area contributed by atoms with E-state index in [1.807, 2.05) is 0 Å². The molecule has 4 saturated carbocycles. The minimum Gasteiger partial charge on any atom is -0.390 e. The van der Waals surface area contributed by atoms with Crippen molar-refractivity contribution in [1.82, 2.24) is 0 Å². The summed E-state index contributed by atoms with van der Waals surface area (Å²) in [6, 6.07) is 0. The average molecular weight is 403 g/mol. The van der Waals surface area contributed by atoms with Gasteiger partial charge in [-0.05, 0) is 86.9 Å². The van der Waals surface area contributed by atoms with Gasteiger partial charge in [-0.25, -0.2) is 0 Å². The highest BCUT2D eigenvalue weighted by Crippen LogP contribution is 2.66. The Hall–Kier alpha value is -0.370. The van der Waals surface area contributed by atoms with Crippen LogP contribution in [0.1, 0.15) is 124 Å². The Labute approximate surface area is 179 Å².